The van der Waals surface area contributed by atoms with Crippen molar-refractivity contribution in [2.45, 2.75) is 18.1 Å². The number of fused-ring (bicyclic) bond motifs is 1. The molecular formula is C19H17F2N5O5S. The highest BCUT2D eigenvalue weighted by atomic mass is 32.2. The van der Waals surface area contributed by atoms with Crippen molar-refractivity contribution in [3.05, 3.63) is 48.4 Å². The Hall–Kier alpha value is -3.58. The van der Waals surface area contributed by atoms with Gasteiger partial charge in [0.25, 0.3) is 10.8 Å². The Bertz CT molecular complexity index is 1180. The number of alkyl halides is 2. The van der Waals surface area contributed by atoms with Crippen LogP contribution in [0.15, 0.2) is 52.3 Å². The largest absolute Gasteiger partial charge is 0.588 e. The average Bonchev–Trinajstić information content (AvgIpc) is 3.42. The predicted octanol–water partition coefficient (Wildman–Crippen LogP) is 3.22. The summed E-state index contributed by atoms with van der Waals surface area (Å²) in [6.45, 7) is -2.80. The maximum absolute atomic E-state index is 13.1. The standard InChI is InChI=1S/C19H17F2N5O5S/c1-28-12-4-6-22-18(29-2)16(12)32(27)25-17-15-13(30-19(20)21)8-11(9-14(15)31-24-17)10-26-7-3-5-23-26/h3-9,19H,10H2,1-2H3,(H,24,25). The van der Waals surface area contributed by atoms with Crippen LogP contribution in [0.4, 0.5) is 14.6 Å². The van der Waals surface area contributed by atoms with E-state index in [1.807, 2.05) is 0 Å². The molecule has 1 aromatic carbocycles. The maximum atomic E-state index is 13.1. The van der Waals surface area contributed by atoms with Crippen LogP contribution in [0.5, 0.6) is 17.4 Å². The Kier molecular flexibility index (Phi) is 6.28. The van der Waals surface area contributed by atoms with E-state index in [9.17, 15) is 13.3 Å². The first-order valence-electron chi connectivity index (χ1n) is 9.10. The minimum absolute atomic E-state index is 0.0624. The molecule has 10 nitrogen and oxygen atoms in total. The molecule has 0 aliphatic carbocycles. The highest BCUT2D eigenvalue weighted by Gasteiger charge is 2.29. The van der Waals surface area contributed by atoms with E-state index in [-0.39, 0.29) is 39.1 Å². The lowest BCUT2D eigenvalue weighted by Crippen LogP contribution is -2.16. The van der Waals surface area contributed by atoms with E-state index in [1.54, 1.807) is 29.2 Å². The summed E-state index contributed by atoms with van der Waals surface area (Å²) in [4.78, 5) is 4.12. The molecule has 3 heterocycles. The molecule has 0 saturated carbocycles. The number of benzene rings is 1. The fourth-order valence-electron chi connectivity index (χ4n) is 3.05. The van der Waals surface area contributed by atoms with Crippen molar-refractivity contribution >= 4 is 28.1 Å². The number of hydrogen-bond acceptors (Lipinski definition) is 9. The SMILES string of the molecule is COc1ccnc(OC)c1[S+]([O-])Nc1noc2cc(Cn3cccn3)cc(OC(F)F)c12. The van der Waals surface area contributed by atoms with Crippen LogP contribution in [0.1, 0.15) is 5.56 Å². The van der Waals surface area contributed by atoms with Gasteiger partial charge in [0.1, 0.15) is 22.5 Å². The van der Waals surface area contributed by atoms with Crippen LogP contribution in [-0.4, -0.2) is 45.3 Å². The smallest absolute Gasteiger partial charge is 0.387 e. The minimum Gasteiger partial charge on any atom is -0.588 e. The van der Waals surface area contributed by atoms with Crippen molar-refractivity contribution in [2.75, 3.05) is 18.9 Å². The van der Waals surface area contributed by atoms with Gasteiger partial charge >= 0.3 is 6.61 Å². The van der Waals surface area contributed by atoms with Crippen LogP contribution in [-0.2, 0) is 17.9 Å². The van der Waals surface area contributed by atoms with Gasteiger partial charge in [0.2, 0.25) is 5.82 Å². The molecule has 1 atom stereocenters. The van der Waals surface area contributed by atoms with E-state index in [4.69, 9.17) is 18.7 Å². The first-order valence-corrected chi connectivity index (χ1v) is 10.2. The van der Waals surface area contributed by atoms with E-state index in [0.29, 0.717) is 12.1 Å². The highest BCUT2D eigenvalue weighted by molar-refractivity contribution is 7.93. The molecule has 13 heteroatoms. The number of nitrogens with zero attached hydrogens (tertiary/aromatic N) is 4. The zero-order chi connectivity index (χ0) is 22.7. The molecule has 1 unspecified atom stereocenters. The Morgan fingerprint density at radius 2 is 2.06 bits per heavy atom. The lowest BCUT2D eigenvalue weighted by atomic mass is 10.1. The molecule has 0 aliphatic rings. The summed E-state index contributed by atoms with van der Waals surface area (Å²) in [6.07, 6.45) is 4.75. The summed E-state index contributed by atoms with van der Waals surface area (Å²) in [5.74, 6) is 0.0627. The van der Waals surface area contributed by atoms with Gasteiger partial charge in [0, 0.05) is 24.7 Å². The lowest BCUT2D eigenvalue weighted by Gasteiger charge is -2.15. The first kappa shape index (κ1) is 21.6. The van der Waals surface area contributed by atoms with Gasteiger partial charge in [-0.1, -0.05) is 5.16 Å². The summed E-state index contributed by atoms with van der Waals surface area (Å²) in [6, 6.07) is 6.28. The minimum atomic E-state index is -3.09. The zero-order valence-electron chi connectivity index (χ0n) is 16.8. The summed E-state index contributed by atoms with van der Waals surface area (Å²) in [5, 5.41) is 8.04. The van der Waals surface area contributed by atoms with Crippen LogP contribution in [0.25, 0.3) is 11.0 Å². The molecule has 3 aromatic heterocycles. The first-order chi connectivity index (χ1) is 15.5. The van der Waals surface area contributed by atoms with Crippen molar-refractivity contribution in [2.24, 2.45) is 0 Å². The molecule has 32 heavy (non-hydrogen) atoms. The molecule has 0 spiro atoms. The van der Waals surface area contributed by atoms with Crippen molar-refractivity contribution < 1.29 is 32.1 Å². The monoisotopic (exact) mass is 465 g/mol. The summed E-state index contributed by atoms with van der Waals surface area (Å²) >= 11 is -1.99. The topological polar surface area (TPSA) is 120 Å². The van der Waals surface area contributed by atoms with Gasteiger partial charge in [-0.05, 0) is 23.8 Å². The van der Waals surface area contributed by atoms with Crippen molar-refractivity contribution in [1.29, 1.82) is 0 Å². The predicted molar refractivity (Wildman–Crippen MR) is 109 cm³/mol. The number of ether oxygens (including phenoxy) is 3. The van der Waals surface area contributed by atoms with Gasteiger partial charge in [-0.25, -0.2) is 4.98 Å². The van der Waals surface area contributed by atoms with E-state index in [1.165, 1.54) is 32.5 Å². The maximum Gasteiger partial charge on any atom is 0.387 e. The van der Waals surface area contributed by atoms with Gasteiger partial charge < -0.3 is 23.3 Å². The van der Waals surface area contributed by atoms with Gasteiger partial charge in [-0.2, -0.15) is 18.6 Å². The summed E-state index contributed by atoms with van der Waals surface area (Å²) < 4.78 is 63.9. The molecule has 4 rings (SSSR count). The lowest BCUT2D eigenvalue weighted by molar-refractivity contribution is -0.0488. The third-order valence-corrected chi connectivity index (χ3v) is 5.47. The molecule has 0 bridgehead atoms. The number of aromatic nitrogens is 4. The fourth-order valence-corrected chi connectivity index (χ4v) is 4.09. The second-order valence-corrected chi connectivity index (χ2v) is 7.45. The third kappa shape index (κ3) is 4.38. The third-order valence-electron chi connectivity index (χ3n) is 4.34. The molecule has 1 N–H and O–H groups in total. The Morgan fingerprint density at radius 1 is 1.22 bits per heavy atom. The normalized spacial score (nSPS) is 12.2. The van der Waals surface area contributed by atoms with Gasteiger partial charge in [-0.3, -0.25) is 4.68 Å². The molecule has 4 aromatic rings. The van der Waals surface area contributed by atoms with Crippen LogP contribution >= 0.6 is 0 Å². The molecule has 0 fully saturated rings. The quantitative estimate of drug-likeness (QED) is 0.372. The van der Waals surface area contributed by atoms with Crippen LogP contribution < -0.4 is 18.9 Å². The molecular weight excluding hydrogens is 448 g/mol. The second kappa shape index (κ2) is 9.28. The van der Waals surface area contributed by atoms with E-state index >= 15 is 0 Å². The van der Waals surface area contributed by atoms with Gasteiger partial charge in [0.05, 0.1) is 20.8 Å². The molecule has 168 valence electrons. The van der Waals surface area contributed by atoms with Gasteiger partial charge in [0.15, 0.2) is 11.3 Å². The Balaban J connectivity index is 1.72. The number of anilines is 1. The van der Waals surface area contributed by atoms with Crippen molar-refractivity contribution in [1.82, 2.24) is 19.9 Å². The van der Waals surface area contributed by atoms with Gasteiger partial charge in [-0.15, -0.1) is 0 Å². The zero-order valence-corrected chi connectivity index (χ0v) is 17.6. The van der Waals surface area contributed by atoms with Crippen molar-refractivity contribution in [3.63, 3.8) is 0 Å². The number of nitrogens with one attached hydrogen (secondary N) is 1. The molecule has 0 aliphatic heterocycles. The van der Waals surface area contributed by atoms with E-state index < -0.39 is 18.0 Å². The van der Waals surface area contributed by atoms with Crippen LogP contribution in [0, 0.1) is 0 Å². The molecule has 0 amide bonds. The second-order valence-electron chi connectivity index (χ2n) is 6.30. The number of hydrogen-bond donors (Lipinski definition) is 1. The Morgan fingerprint density at radius 3 is 2.75 bits per heavy atom. The number of rotatable bonds is 9. The fraction of sp³-hybridized carbons (Fsp3) is 0.211. The number of halogens is 2. The molecule has 0 radical (unpaired) electrons. The van der Waals surface area contributed by atoms with Crippen LogP contribution in [0.2, 0.25) is 0 Å². The van der Waals surface area contributed by atoms with E-state index in [0.717, 1.165) is 0 Å². The number of pyridine rings is 1. The summed E-state index contributed by atoms with van der Waals surface area (Å²) in [5.41, 5.74) is 0.756. The number of methoxy groups -OCH3 is 2. The average molecular weight is 465 g/mol. The molecule has 0 saturated heterocycles. The van der Waals surface area contributed by atoms with E-state index in [2.05, 4.69) is 20.0 Å². The van der Waals surface area contributed by atoms with Crippen molar-refractivity contribution in [3.8, 4) is 17.4 Å². The Labute approximate surface area is 183 Å². The highest BCUT2D eigenvalue weighted by Crippen LogP contribution is 2.38. The summed E-state index contributed by atoms with van der Waals surface area (Å²) in [7, 11) is 2.76. The van der Waals surface area contributed by atoms with Crippen LogP contribution in [0.3, 0.4) is 0 Å².